The van der Waals surface area contributed by atoms with Crippen LogP contribution in [0.3, 0.4) is 0 Å². The van der Waals surface area contributed by atoms with Crippen molar-refractivity contribution in [2.45, 2.75) is 44.9 Å². The summed E-state index contributed by atoms with van der Waals surface area (Å²) in [6, 6.07) is 7.23. The highest BCUT2D eigenvalue weighted by Crippen LogP contribution is 2.32. The van der Waals surface area contributed by atoms with Gasteiger partial charge in [-0.15, -0.1) is 0 Å². The Labute approximate surface area is 230 Å². The van der Waals surface area contributed by atoms with Crippen LogP contribution in [0.25, 0.3) is 21.8 Å². The molecule has 2 aliphatic heterocycles. The van der Waals surface area contributed by atoms with Crippen LogP contribution in [-0.2, 0) is 11.8 Å². The van der Waals surface area contributed by atoms with Crippen LogP contribution in [0.15, 0.2) is 36.7 Å². The molecule has 2 aromatic carbocycles. The number of halogens is 1. The monoisotopic (exact) mass is 546 g/mol. The van der Waals surface area contributed by atoms with Crippen molar-refractivity contribution in [2.75, 3.05) is 29.9 Å². The number of aryl methyl sites for hydroxylation is 1. The van der Waals surface area contributed by atoms with Crippen molar-refractivity contribution < 1.29 is 18.7 Å². The minimum atomic E-state index is -0.523. The lowest BCUT2D eigenvalue weighted by Gasteiger charge is -2.38. The van der Waals surface area contributed by atoms with E-state index in [9.17, 15) is 14.0 Å². The summed E-state index contributed by atoms with van der Waals surface area (Å²) in [7, 11) is 1.71. The first-order valence-electron chi connectivity index (χ1n) is 13.4. The van der Waals surface area contributed by atoms with Gasteiger partial charge < -0.3 is 25.6 Å². The van der Waals surface area contributed by atoms with E-state index >= 15 is 0 Å². The maximum atomic E-state index is 14.7. The van der Waals surface area contributed by atoms with Gasteiger partial charge in [0.2, 0.25) is 5.91 Å². The van der Waals surface area contributed by atoms with Gasteiger partial charge in [0, 0.05) is 79.7 Å². The first kappa shape index (κ1) is 25.9. The zero-order valence-corrected chi connectivity index (χ0v) is 22.6. The second-order valence-corrected chi connectivity index (χ2v) is 10.7. The van der Waals surface area contributed by atoms with Crippen molar-refractivity contribution in [2.24, 2.45) is 7.05 Å². The lowest BCUT2D eigenvalue weighted by atomic mass is 10.0. The fourth-order valence-corrected chi connectivity index (χ4v) is 5.61. The summed E-state index contributed by atoms with van der Waals surface area (Å²) >= 11 is 0. The van der Waals surface area contributed by atoms with Crippen LogP contribution in [0.5, 0.6) is 6.01 Å². The number of carbonyl (C=O) groups excluding carboxylic acids is 2. The van der Waals surface area contributed by atoms with E-state index in [1.54, 1.807) is 31.6 Å². The third-order valence-electron chi connectivity index (χ3n) is 7.26. The Hall–Kier alpha value is -4.32. The average Bonchev–Trinajstić information content (AvgIpc) is 3.28. The van der Waals surface area contributed by atoms with Crippen LogP contribution in [0, 0.1) is 5.82 Å². The van der Waals surface area contributed by atoms with Crippen LogP contribution in [0.1, 0.15) is 37.0 Å². The number of piperazine rings is 1. The minimum absolute atomic E-state index is 0.0841. The number of piperidine rings is 1. The molecule has 0 bridgehead atoms. The van der Waals surface area contributed by atoms with Crippen LogP contribution in [0.4, 0.5) is 15.8 Å². The Balaban J connectivity index is 1.38. The van der Waals surface area contributed by atoms with Crippen molar-refractivity contribution >= 4 is 45.0 Å². The standard InChI is InChI=1S/C28H31FN8O3/c1-15-12-37(13-16(2)32-15)23-5-4-20(27(39)33-18-8-17-14-36(3)35-25(17)22(29)9-18)26-21(23)11-31-28(34-26)40-19-6-7-30-24(38)10-19/h4-5,8-9,11,14-16,19,32H,6-7,10,12-13H2,1-3H3,(H,30,38)(H,33,39). The topological polar surface area (TPSA) is 126 Å². The molecule has 4 heterocycles. The first-order valence-corrected chi connectivity index (χ1v) is 13.4. The van der Waals surface area contributed by atoms with Gasteiger partial charge in [-0.1, -0.05) is 0 Å². The van der Waals surface area contributed by atoms with Gasteiger partial charge in [0.15, 0.2) is 5.82 Å². The molecule has 11 nitrogen and oxygen atoms in total. The molecule has 3 atom stereocenters. The number of hydrogen-bond donors (Lipinski definition) is 3. The highest BCUT2D eigenvalue weighted by atomic mass is 19.1. The minimum Gasteiger partial charge on any atom is -0.460 e. The highest BCUT2D eigenvalue weighted by Gasteiger charge is 2.26. The molecule has 2 amide bonds. The Morgan fingerprint density at radius 3 is 2.75 bits per heavy atom. The fourth-order valence-electron chi connectivity index (χ4n) is 5.61. The van der Waals surface area contributed by atoms with E-state index < -0.39 is 11.7 Å². The number of carbonyl (C=O) groups is 2. The number of ether oxygens (including phenoxy) is 1. The highest BCUT2D eigenvalue weighted by molar-refractivity contribution is 6.14. The van der Waals surface area contributed by atoms with Gasteiger partial charge in [-0.05, 0) is 38.1 Å². The molecule has 2 saturated heterocycles. The molecule has 2 aliphatic rings. The summed E-state index contributed by atoms with van der Waals surface area (Å²) in [5.41, 5.74) is 2.18. The lowest BCUT2D eigenvalue weighted by Crippen LogP contribution is -2.54. The number of rotatable bonds is 5. The summed E-state index contributed by atoms with van der Waals surface area (Å²) < 4.78 is 22.2. The van der Waals surface area contributed by atoms with E-state index in [2.05, 4.69) is 49.8 Å². The quantitative estimate of drug-likeness (QED) is 0.349. The van der Waals surface area contributed by atoms with Crippen LogP contribution < -0.4 is 25.6 Å². The SMILES string of the molecule is CC1CN(c2ccc(C(=O)Nc3cc(F)c4nn(C)cc4c3)c3nc(OC4CCNC(=O)C4)ncc23)CC(C)N1. The number of amides is 2. The predicted molar refractivity (Wildman–Crippen MR) is 149 cm³/mol. The fraction of sp³-hybridized carbons (Fsp3) is 0.393. The molecule has 0 radical (unpaired) electrons. The van der Waals surface area contributed by atoms with Gasteiger partial charge in [-0.3, -0.25) is 14.3 Å². The number of fused-ring (bicyclic) bond motifs is 2. The number of hydrogen-bond acceptors (Lipinski definition) is 8. The summed E-state index contributed by atoms with van der Waals surface area (Å²) in [5, 5.41) is 14.5. The molecular weight excluding hydrogens is 515 g/mol. The molecule has 6 rings (SSSR count). The molecule has 0 aliphatic carbocycles. The first-order chi connectivity index (χ1) is 19.2. The third-order valence-corrected chi connectivity index (χ3v) is 7.26. The Kier molecular flexibility index (Phi) is 6.70. The van der Waals surface area contributed by atoms with E-state index in [4.69, 9.17) is 4.74 Å². The van der Waals surface area contributed by atoms with E-state index in [0.717, 1.165) is 18.8 Å². The number of nitrogens with one attached hydrogen (secondary N) is 3. The van der Waals surface area contributed by atoms with Gasteiger partial charge >= 0.3 is 6.01 Å². The molecule has 3 unspecified atom stereocenters. The van der Waals surface area contributed by atoms with Crippen molar-refractivity contribution in [3.8, 4) is 6.01 Å². The van der Waals surface area contributed by atoms with Crippen molar-refractivity contribution in [3.05, 3.63) is 48.0 Å². The molecule has 0 spiro atoms. The molecule has 12 heteroatoms. The van der Waals surface area contributed by atoms with E-state index in [1.807, 2.05) is 6.07 Å². The molecular formula is C28H31FN8O3. The second kappa shape index (κ2) is 10.3. The molecule has 2 aromatic heterocycles. The number of anilines is 2. The number of nitrogens with zero attached hydrogens (tertiary/aromatic N) is 5. The van der Waals surface area contributed by atoms with Gasteiger partial charge in [0.1, 0.15) is 11.6 Å². The summed E-state index contributed by atoms with van der Waals surface area (Å²) in [6.45, 7) is 6.35. The van der Waals surface area contributed by atoms with E-state index in [0.29, 0.717) is 40.5 Å². The van der Waals surface area contributed by atoms with Crippen LogP contribution in [-0.4, -0.2) is 69.4 Å². The molecule has 0 saturated carbocycles. The van der Waals surface area contributed by atoms with Crippen molar-refractivity contribution in [1.82, 2.24) is 30.4 Å². The summed E-state index contributed by atoms with van der Waals surface area (Å²) in [5.74, 6) is -1.05. The summed E-state index contributed by atoms with van der Waals surface area (Å²) in [6.07, 6.45) is 3.87. The number of aromatic nitrogens is 4. The molecule has 3 N–H and O–H groups in total. The largest absolute Gasteiger partial charge is 0.460 e. The smallest absolute Gasteiger partial charge is 0.317 e. The lowest BCUT2D eigenvalue weighted by molar-refractivity contribution is -0.124. The Morgan fingerprint density at radius 2 is 1.98 bits per heavy atom. The predicted octanol–water partition coefficient (Wildman–Crippen LogP) is 2.75. The van der Waals surface area contributed by atoms with Crippen molar-refractivity contribution in [1.29, 1.82) is 0 Å². The normalized spacial score (nSPS) is 21.4. The zero-order chi connectivity index (χ0) is 28.0. The maximum absolute atomic E-state index is 14.7. The van der Waals surface area contributed by atoms with E-state index in [1.165, 1.54) is 10.7 Å². The zero-order valence-electron chi connectivity index (χ0n) is 22.6. The van der Waals surface area contributed by atoms with Gasteiger partial charge in [-0.25, -0.2) is 9.37 Å². The Bertz CT molecular complexity index is 1610. The summed E-state index contributed by atoms with van der Waals surface area (Å²) in [4.78, 5) is 36.8. The van der Waals surface area contributed by atoms with Crippen molar-refractivity contribution in [3.63, 3.8) is 0 Å². The van der Waals surface area contributed by atoms with Gasteiger partial charge in [0.25, 0.3) is 5.91 Å². The Morgan fingerprint density at radius 1 is 1.18 bits per heavy atom. The molecule has 208 valence electrons. The van der Waals surface area contributed by atoms with Gasteiger partial charge in [-0.2, -0.15) is 10.1 Å². The maximum Gasteiger partial charge on any atom is 0.317 e. The molecule has 2 fully saturated rings. The van der Waals surface area contributed by atoms with Gasteiger partial charge in [0.05, 0.1) is 17.5 Å². The van der Waals surface area contributed by atoms with Crippen LogP contribution >= 0.6 is 0 Å². The second-order valence-electron chi connectivity index (χ2n) is 10.7. The molecule has 40 heavy (non-hydrogen) atoms. The number of benzene rings is 2. The average molecular weight is 547 g/mol. The third kappa shape index (κ3) is 5.14. The van der Waals surface area contributed by atoms with Crippen LogP contribution in [0.2, 0.25) is 0 Å². The van der Waals surface area contributed by atoms with E-state index in [-0.39, 0.29) is 42.0 Å². The molecule has 4 aromatic rings.